The quantitative estimate of drug-likeness (QED) is 0.0290. The Morgan fingerprint density at radius 1 is 0.583 bits per heavy atom. The highest BCUT2D eigenvalue weighted by Gasteiger charge is 2.72. The van der Waals surface area contributed by atoms with Gasteiger partial charge < -0.3 is 0 Å². The van der Waals surface area contributed by atoms with Crippen molar-refractivity contribution in [2.45, 2.75) is 49.9 Å². The predicted octanol–water partition coefficient (Wildman–Crippen LogP) is 11.7. The summed E-state index contributed by atoms with van der Waals surface area (Å²) in [6.45, 7) is 8.68. The van der Waals surface area contributed by atoms with E-state index in [2.05, 4.69) is 13.2 Å². The van der Waals surface area contributed by atoms with E-state index in [-0.39, 0.29) is 18.2 Å². The van der Waals surface area contributed by atoms with Gasteiger partial charge in [0, 0.05) is 6.42 Å². The lowest BCUT2D eigenvalue weighted by Crippen LogP contribution is -2.75. The molecule has 60 heavy (non-hydrogen) atoms. The minimum absolute atomic E-state index is 0.0457. The van der Waals surface area contributed by atoms with E-state index in [4.69, 9.17) is 23.2 Å². The molecule has 2 aliphatic carbocycles. The molecule has 0 radical (unpaired) electrons. The van der Waals surface area contributed by atoms with Crippen molar-refractivity contribution < 1.29 is 43.9 Å². The summed E-state index contributed by atoms with van der Waals surface area (Å²) in [5.41, 5.74) is -3.74. The van der Waals surface area contributed by atoms with Crippen LogP contribution in [0.15, 0.2) is 116 Å². The number of halogens is 12. The normalized spacial score (nSPS) is 23.3. The summed E-state index contributed by atoms with van der Waals surface area (Å²) in [6, 6.07) is 27.4. The van der Waals surface area contributed by atoms with Crippen molar-refractivity contribution in [2.24, 2.45) is 17.3 Å². The number of benzene rings is 5. The van der Waals surface area contributed by atoms with Crippen LogP contribution in [-0.2, 0) is 0 Å². The molecule has 3 fully saturated rings. The first-order valence-electron chi connectivity index (χ1n) is 19.3. The summed E-state index contributed by atoms with van der Waals surface area (Å²) >= 11 is 9.53. The smallest absolute Gasteiger partial charge is 0.200 e. The number of alkyl halides is 2. The van der Waals surface area contributed by atoms with Crippen LogP contribution in [0.1, 0.15) is 32.1 Å². The molecule has 3 aliphatic rings. The molecule has 1 saturated heterocycles. The van der Waals surface area contributed by atoms with Crippen LogP contribution in [0.4, 0.5) is 43.9 Å². The second-order valence-electron chi connectivity index (χ2n) is 16.2. The van der Waals surface area contributed by atoms with Gasteiger partial charge in [0.15, 0.2) is 34.9 Å². The summed E-state index contributed by atoms with van der Waals surface area (Å²) in [5.74, 6) is -25.3. The molecule has 4 atom stereocenters. The van der Waals surface area contributed by atoms with Gasteiger partial charge in [-0.25, -0.2) is 43.9 Å². The van der Waals surface area contributed by atoms with E-state index in [1.54, 1.807) is 60.7 Å². The molecule has 2 saturated carbocycles. The van der Waals surface area contributed by atoms with Crippen LogP contribution >= 0.6 is 30.5 Å². The Balaban J connectivity index is 0.00000176. The van der Waals surface area contributed by atoms with Gasteiger partial charge in [-0.15, -0.1) is 47.0 Å². The molecule has 0 unspecified atom stereocenters. The molecule has 1 heterocycles. The molecule has 1 spiro atoms. The maximum Gasteiger partial charge on any atom is 0.200 e. The predicted molar refractivity (Wildman–Crippen MR) is 223 cm³/mol. The van der Waals surface area contributed by atoms with Gasteiger partial charge in [0.2, 0.25) is 0 Å². The van der Waals surface area contributed by atoms with E-state index >= 15 is 35.1 Å². The molecule has 0 nitrogen and oxygen atoms in total. The number of hydrogen-bond donors (Lipinski definition) is 0. The minimum Gasteiger partial charge on any atom is -0.207 e. The highest BCUT2D eigenvalue weighted by Crippen LogP contribution is 2.79. The van der Waals surface area contributed by atoms with Gasteiger partial charge in [-0.1, -0.05) is 79.2 Å². The number of fused-ring (bicyclic) bond motifs is 1. The van der Waals surface area contributed by atoms with Crippen molar-refractivity contribution in [3.05, 3.63) is 174 Å². The van der Waals surface area contributed by atoms with Crippen LogP contribution in [0.3, 0.4) is 0 Å². The molecule has 314 valence electrons. The topological polar surface area (TPSA) is 0 Å². The van der Waals surface area contributed by atoms with E-state index < -0.39 is 118 Å². The van der Waals surface area contributed by atoms with Gasteiger partial charge in [-0.3, -0.25) is 0 Å². The second-order valence-corrected chi connectivity index (χ2v) is 20.8. The average molecular weight is 893 g/mol. The lowest BCUT2D eigenvalue weighted by atomic mass is 9.09. The first-order chi connectivity index (χ1) is 28.6. The highest BCUT2D eigenvalue weighted by atomic mass is 35.5. The van der Waals surface area contributed by atoms with Crippen molar-refractivity contribution in [1.29, 1.82) is 0 Å². The Labute approximate surface area is 352 Å². The molecule has 8 rings (SSSR count). The summed E-state index contributed by atoms with van der Waals surface area (Å²) in [6.07, 6.45) is -2.19. The van der Waals surface area contributed by atoms with Crippen molar-refractivity contribution in [1.82, 2.24) is 0 Å². The fourth-order valence-corrected chi connectivity index (χ4v) is 18.0. The summed E-state index contributed by atoms with van der Waals surface area (Å²) in [4.78, 5) is 0. The molecule has 1 aliphatic heterocycles. The van der Waals surface area contributed by atoms with Crippen molar-refractivity contribution >= 4 is 63.4 Å². The van der Waals surface area contributed by atoms with Crippen molar-refractivity contribution in [2.75, 3.05) is 5.34 Å². The third-order valence-corrected chi connectivity index (χ3v) is 18.8. The van der Waals surface area contributed by atoms with Gasteiger partial charge in [0.1, 0.15) is 46.4 Å². The largest absolute Gasteiger partial charge is 0.207 e. The highest BCUT2D eigenvalue weighted by molar-refractivity contribution is 7.97. The maximum atomic E-state index is 16.9. The van der Waals surface area contributed by atoms with E-state index in [0.29, 0.717) is 19.3 Å². The lowest BCUT2D eigenvalue weighted by Gasteiger charge is -2.70. The third kappa shape index (κ3) is 6.38. The van der Waals surface area contributed by atoms with Gasteiger partial charge >= 0.3 is 0 Å². The molecular weight excluding hydrogens is 855 g/mol. The number of rotatable bonds is 7. The Bertz CT molecular complexity index is 2230. The first-order valence-corrected chi connectivity index (χ1v) is 22.2. The number of allylic oxidation sites excluding steroid dienone is 2. The van der Waals surface area contributed by atoms with Gasteiger partial charge in [0.25, 0.3) is 0 Å². The van der Waals surface area contributed by atoms with Crippen LogP contribution in [0.5, 0.6) is 0 Å². The Hall–Kier alpha value is -4.05. The summed E-state index contributed by atoms with van der Waals surface area (Å²) < 4.78 is 160. The SMILES string of the molecule is C=C[C@@H]1CCC[C@H]2C(=C)C[C@@]3([P+](c4ccccc4)(c4ccccc4)c4ccccc4)C[B-](c4c(F)c(F)c(F)c(F)c4F)(c4c(F)c(F)c(F)c(F)c4F)C[C@@]12C3.ClCCl. The first kappa shape index (κ1) is 44.0. The molecule has 14 heteroatoms. The van der Waals surface area contributed by atoms with Gasteiger partial charge in [0.05, 0.1) is 16.6 Å². The van der Waals surface area contributed by atoms with Crippen LogP contribution in [0.25, 0.3) is 0 Å². The van der Waals surface area contributed by atoms with E-state index in [0.717, 1.165) is 21.5 Å². The van der Waals surface area contributed by atoms with E-state index in [9.17, 15) is 8.78 Å². The zero-order valence-corrected chi connectivity index (χ0v) is 34.4. The van der Waals surface area contributed by atoms with Gasteiger partial charge in [-0.2, -0.15) is 6.32 Å². The van der Waals surface area contributed by atoms with E-state index in [1.165, 1.54) is 0 Å². The average Bonchev–Trinajstić information content (AvgIpc) is 3.25. The van der Waals surface area contributed by atoms with Crippen LogP contribution in [0, 0.1) is 75.4 Å². The van der Waals surface area contributed by atoms with Crippen molar-refractivity contribution in [3.63, 3.8) is 0 Å². The maximum absolute atomic E-state index is 16.9. The molecule has 5 aromatic rings. The Morgan fingerprint density at radius 3 is 1.32 bits per heavy atom. The van der Waals surface area contributed by atoms with Crippen LogP contribution in [-0.4, -0.2) is 16.6 Å². The Morgan fingerprint density at radius 2 is 0.950 bits per heavy atom. The summed E-state index contributed by atoms with van der Waals surface area (Å²) in [7, 11) is -3.43. The van der Waals surface area contributed by atoms with E-state index in [1.807, 2.05) is 36.4 Å². The van der Waals surface area contributed by atoms with Gasteiger partial charge in [-0.05, 0) is 72.9 Å². The molecule has 2 bridgehead atoms. The van der Waals surface area contributed by atoms with Crippen LogP contribution < -0.4 is 26.8 Å². The fraction of sp³-hybridized carbons (Fsp3) is 0.261. The fourth-order valence-electron chi connectivity index (χ4n) is 12.1. The molecule has 0 aromatic heterocycles. The molecule has 0 N–H and O–H groups in total. The lowest BCUT2D eigenvalue weighted by molar-refractivity contribution is 0.0363. The van der Waals surface area contributed by atoms with Crippen LogP contribution in [0.2, 0.25) is 12.6 Å². The standard InChI is InChI=1S/C45H36BF10P.CH2Cl2/c1-3-27-14-13-21-31-26(2)22-44(57(28-15-7-4-8-16-28,29-17-9-5-10-18-29)30-19-11-6-12-20-30)23-45(27,31)25-46(24-44,32-34(47)38(51)42(55)39(52)35(32)48)33-36(49)40(53)43(56)41(54)37(33)50;2-1-3/h3-12,15-20,27,31H,1-2,13-14,21-25H2;1H2/t27-,31+,44+,45+;/m1./s1. The summed E-state index contributed by atoms with van der Waals surface area (Å²) in [5, 5.41) is 0.908. The van der Waals surface area contributed by atoms with Crippen molar-refractivity contribution in [3.8, 4) is 0 Å². The third-order valence-electron chi connectivity index (χ3n) is 13.6. The Kier molecular flexibility index (Phi) is 12.2. The second kappa shape index (κ2) is 16.7. The zero-order valence-electron chi connectivity index (χ0n) is 32.0. The monoisotopic (exact) mass is 892 g/mol. The molecular formula is C46H38BCl2F10P. The zero-order chi connectivity index (χ0) is 43.4. The molecule has 5 aromatic carbocycles. The molecule has 0 amide bonds. The minimum atomic E-state index is -4.15. The number of hydrogen-bond acceptors (Lipinski definition) is 0.